The van der Waals surface area contributed by atoms with Gasteiger partial charge in [0.2, 0.25) is 0 Å². The van der Waals surface area contributed by atoms with Gasteiger partial charge in [0.15, 0.2) is 9.84 Å². The van der Waals surface area contributed by atoms with Crippen molar-refractivity contribution in [3.05, 3.63) is 68.7 Å². The minimum atomic E-state index is -3.46. The van der Waals surface area contributed by atoms with E-state index in [1.54, 1.807) is 24.1 Å². The molecule has 0 radical (unpaired) electrons. The van der Waals surface area contributed by atoms with E-state index in [0.717, 1.165) is 4.88 Å². The summed E-state index contributed by atoms with van der Waals surface area (Å²) >= 11 is 1.43. The van der Waals surface area contributed by atoms with Gasteiger partial charge in [0.1, 0.15) is 11.6 Å². The summed E-state index contributed by atoms with van der Waals surface area (Å²) < 4.78 is 30.9. The third-order valence-corrected chi connectivity index (χ3v) is 7.66. The first-order valence-corrected chi connectivity index (χ1v) is 10.8. The Bertz CT molecular complexity index is 1090. The summed E-state index contributed by atoms with van der Waals surface area (Å²) in [5.41, 5.74) is 8.02. The van der Waals surface area contributed by atoms with Crippen molar-refractivity contribution in [3.63, 3.8) is 0 Å². The Balaban J connectivity index is 1.95. The van der Waals surface area contributed by atoms with E-state index in [-0.39, 0.29) is 17.1 Å². The molecule has 3 heterocycles. The minimum Gasteiger partial charge on any atom is -0.497 e. The van der Waals surface area contributed by atoms with Gasteiger partial charge < -0.3 is 10.5 Å². The van der Waals surface area contributed by atoms with Crippen molar-refractivity contribution in [1.29, 1.82) is 5.26 Å². The number of rotatable bonds is 3. The maximum atomic E-state index is 12.9. The minimum absolute atomic E-state index is 0.0260. The molecule has 1 aromatic carbocycles. The number of sulfone groups is 1. The fraction of sp³-hybridized carbons (Fsp3) is 0.211. The van der Waals surface area contributed by atoms with Gasteiger partial charge in [-0.15, -0.1) is 11.3 Å². The van der Waals surface area contributed by atoms with Crippen LogP contribution in [0.3, 0.4) is 0 Å². The molecule has 0 amide bonds. The second-order valence-corrected chi connectivity index (χ2v) is 9.33. The first kappa shape index (κ1) is 17.6. The van der Waals surface area contributed by atoms with Gasteiger partial charge >= 0.3 is 0 Å². The lowest BCUT2D eigenvalue weighted by Gasteiger charge is -2.34. The monoisotopic (exact) mass is 399 g/mol. The van der Waals surface area contributed by atoms with Gasteiger partial charge in [0.05, 0.1) is 35.3 Å². The molecule has 4 rings (SSSR count). The van der Waals surface area contributed by atoms with E-state index >= 15 is 0 Å². The summed E-state index contributed by atoms with van der Waals surface area (Å²) in [6, 6.07) is 13.0. The molecule has 2 aliphatic heterocycles. The molecule has 2 N–H and O–H groups in total. The van der Waals surface area contributed by atoms with Crippen LogP contribution in [0.25, 0.3) is 0 Å². The van der Waals surface area contributed by atoms with E-state index in [9.17, 15) is 13.7 Å². The van der Waals surface area contributed by atoms with E-state index < -0.39 is 15.8 Å². The van der Waals surface area contributed by atoms with Gasteiger partial charge in [-0.1, -0.05) is 6.07 Å². The SMILES string of the molecule is COc1ccc(N2C(N)=C(C#N)[C@H](c3cccs3)C3=C2CCS3(=O)=O)cc1. The van der Waals surface area contributed by atoms with Crippen molar-refractivity contribution in [2.24, 2.45) is 5.73 Å². The Morgan fingerprint density at radius 2 is 2.04 bits per heavy atom. The lowest BCUT2D eigenvalue weighted by molar-refractivity contribution is 0.415. The normalized spacial score (nSPS) is 21.2. The van der Waals surface area contributed by atoms with Crippen LogP contribution >= 0.6 is 11.3 Å². The summed E-state index contributed by atoms with van der Waals surface area (Å²) in [4.78, 5) is 2.80. The van der Waals surface area contributed by atoms with Crippen LogP contribution in [0.4, 0.5) is 5.69 Å². The Labute approximate surface area is 161 Å². The molecule has 0 saturated carbocycles. The zero-order valence-corrected chi connectivity index (χ0v) is 16.2. The zero-order valence-electron chi connectivity index (χ0n) is 14.5. The number of methoxy groups -OCH3 is 1. The number of benzene rings is 1. The molecule has 27 heavy (non-hydrogen) atoms. The number of anilines is 1. The summed E-state index contributed by atoms with van der Waals surface area (Å²) in [6.45, 7) is 0. The Hall–Kier alpha value is -2.76. The quantitative estimate of drug-likeness (QED) is 0.852. The first-order chi connectivity index (χ1) is 13.0. The van der Waals surface area contributed by atoms with Crippen molar-refractivity contribution in [1.82, 2.24) is 0 Å². The molecule has 0 saturated heterocycles. The maximum absolute atomic E-state index is 12.9. The highest BCUT2D eigenvalue weighted by Crippen LogP contribution is 2.49. The van der Waals surface area contributed by atoms with Crippen molar-refractivity contribution in [2.75, 3.05) is 17.8 Å². The molecule has 138 valence electrons. The number of ether oxygens (including phenoxy) is 1. The highest BCUT2D eigenvalue weighted by atomic mass is 32.2. The van der Waals surface area contributed by atoms with Gasteiger partial charge in [-0.05, 0) is 35.7 Å². The van der Waals surface area contributed by atoms with Gasteiger partial charge in [-0.2, -0.15) is 5.26 Å². The van der Waals surface area contributed by atoms with Crippen molar-refractivity contribution < 1.29 is 13.2 Å². The number of nitrogens with two attached hydrogens (primary N) is 1. The highest BCUT2D eigenvalue weighted by molar-refractivity contribution is 7.95. The largest absolute Gasteiger partial charge is 0.497 e. The van der Waals surface area contributed by atoms with Crippen molar-refractivity contribution in [2.45, 2.75) is 12.3 Å². The van der Waals surface area contributed by atoms with Crippen LogP contribution in [-0.4, -0.2) is 21.3 Å². The summed E-state index contributed by atoms with van der Waals surface area (Å²) in [7, 11) is -1.89. The van der Waals surface area contributed by atoms with Gasteiger partial charge in [0, 0.05) is 22.7 Å². The molecule has 0 aliphatic carbocycles. The van der Waals surface area contributed by atoms with Crippen molar-refractivity contribution >= 4 is 26.9 Å². The van der Waals surface area contributed by atoms with Crippen molar-refractivity contribution in [3.8, 4) is 11.8 Å². The maximum Gasteiger partial charge on any atom is 0.177 e. The zero-order chi connectivity index (χ0) is 19.2. The third kappa shape index (κ3) is 2.71. The molecular formula is C19H17N3O3S2. The summed E-state index contributed by atoms with van der Waals surface area (Å²) in [5.74, 6) is 0.352. The number of hydrogen-bond donors (Lipinski definition) is 1. The van der Waals surface area contributed by atoms with Crippen LogP contribution in [0.5, 0.6) is 5.75 Å². The number of thiophene rings is 1. The lowest BCUT2D eigenvalue weighted by atomic mass is 9.92. The molecule has 1 aromatic heterocycles. The standard InChI is InChI=1S/C19H17N3O3S2/c1-25-13-6-4-12(5-7-13)22-15-8-10-27(23,24)18(15)17(14(11-20)19(22)21)16-3-2-9-26-16/h2-7,9,17H,8,10,21H2,1H3/t17-/m1/s1. The molecule has 1 atom stereocenters. The lowest BCUT2D eigenvalue weighted by Crippen LogP contribution is -2.34. The summed E-state index contributed by atoms with van der Waals surface area (Å²) in [5, 5.41) is 11.7. The molecule has 0 bridgehead atoms. The Morgan fingerprint density at radius 3 is 2.63 bits per heavy atom. The number of hydrogen-bond acceptors (Lipinski definition) is 7. The molecule has 0 unspecified atom stereocenters. The van der Waals surface area contributed by atoms with E-state index in [2.05, 4.69) is 6.07 Å². The number of nitriles is 1. The average Bonchev–Trinajstić information content (AvgIpc) is 3.29. The molecule has 2 aromatic rings. The second-order valence-electron chi connectivity index (χ2n) is 6.27. The smallest absolute Gasteiger partial charge is 0.177 e. The van der Waals surface area contributed by atoms with Crippen LogP contribution in [0.15, 0.2) is 63.8 Å². The van der Waals surface area contributed by atoms with Gasteiger partial charge in [0.25, 0.3) is 0 Å². The first-order valence-electron chi connectivity index (χ1n) is 8.31. The van der Waals surface area contributed by atoms with E-state index in [1.165, 1.54) is 11.3 Å². The average molecular weight is 399 g/mol. The Kier molecular flexibility index (Phi) is 4.21. The predicted molar refractivity (Wildman–Crippen MR) is 105 cm³/mol. The third-order valence-electron chi connectivity index (χ3n) is 4.84. The van der Waals surface area contributed by atoms with Crippen LogP contribution in [0.2, 0.25) is 0 Å². The van der Waals surface area contributed by atoms with E-state index in [4.69, 9.17) is 10.5 Å². The predicted octanol–water partition coefficient (Wildman–Crippen LogP) is 3.08. The van der Waals surface area contributed by atoms with Crippen LogP contribution in [0.1, 0.15) is 17.2 Å². The molecule has 2 aliphatic rings. The van der Waals surface area contributed by atoms with Gasteiger partial charge in [-0.25, -0.2) is 8.42 Å². The van der Waals surface area contributed by atoms with E-state index in [1.807, 2.05) is 29.6 Å². The fourth-order valence-electron chi connectivity index (χ4n) is 3.63. The summed E-state index contributed by atoms with van der Waals surface area (Å²) in [6.07, 6.45) is 0.366. The van der Waals surface area contributed by atoms with Crippen LogP contribution in [0, 0.1) is 11.3 Å². The van der Waals surface area contributed by atoms with Crippen LogP contribution < -0.4 is 15.4 Å². The number of allylic oxidation sites excluding steroid dienone is 3. The molecule has 6 nitrogen and oxygen atoms in total. The van der Waals surface area contributed by atoms with E-state index in [0.29, 0.717) is 28.5 Å². The highest BCUT2D eigenvalue weighted by Gasteiger charge is 2.45. The molecule has 0 fully saturated rings. The Morgan fingerprint density at radius 1 is 1.30 bits per heavy atom. The molecule has 0 spiro atoms. The topological polar surface area (TPSA) is 96.4 Å². The second kappa shape index (κ2) is 6.44. The molecular weight excluding hydrogens is 382 g/mol. The molecule has 8 heteroatoms. The van der Waals surface area contributed by atoms with Gasteiger partial charge in [-0.3, -0.25) is 4.90 Å². The van der Waals surface area contributed by atoms with Crippen LogP contribution in [-0.2, 0) is 9.84 Å². The number of nitrogens with zero attached hydrogens (tertiary/aromatic N) is 2. The fourth-order valence-corrected chi connectivity index (χ4v) is 6.39.